The lowest BCUT2D eigenvalue weighted by molar-refractivity contribution is -0.122. The summed E-state index contributed by atoms with van der Waals surface area (Å²) in [6.07, 6.45) is 0.760. The van der Waals surface area contributed by atoms with Gasteiger partial charge in [-0.2, -0.15) is 0 Å². The van der Waals surface area contributed by atoms with Gasteiger partial charge in [-0.1, -0.05) is 23.7 Å². The summed E-state index contributed by atoms with van der Waals surface area (Å²) in [5.41, 5.74) is 0.654. The Kier molecular flexibility index (Phi) is 4.72. The highest BCUT2D eigenvalue weighted by atomic mass is 35.5. The molecule has 4 heteroatoms. The molecule has 0 aliphatic carbocycles. The molecule has 1 aromatic carbocycles. The van der Waals surface area contributed by atoms with Crippen LogP contribution in [0, 0.1) is 5.82 Å². The summed E-state index contributed by atoms with van der Waals surface area (Å²) in [5, 5.41) is 0.0997. The summed E-state index contributed by atoms with van der Waals surface area (Å²) in [6.45, 7) is 0.0902. The van der Waals surface area contributed by atoms with E-state index >= 15 is 0 Å². The molecule has 0 saturated heterocycles. The second-order valence-electron chi connectivity index (χ2n) is 3.18. The lowest BCUT2D eigenvalue weighted by Crippen LogP contribution is -2.07. The molecule has 0 unspecified atom stereocenters. The van der Waals surface area contributed by atoms with E-state index in [4.69, 9.17) is 11.6 Å². The number of carbonyl (C=O) groups excluding carboxylic acids is 1. The third kappa shape index (κ3) is 3.61. The van der Waals surface area contributed by atoms with Crippen LogP contribution in [-0.2, 0) is 16.0 Å². The Morgan fingerprint density at radius 2 is 2.27 bits per heavy atom. The number of halogens is 2. The van der Waals surface area contributed by atoms with Crippen molar-refractivity contribution in [1.29, 1.82) is 0 Å². The van der Waals surface area contributed by atoms with Crippen LogP contribution in [0.3, 0.4) is 0 Å². The summed E-state index contributed by atoms with van der Waals surface area (Å²) in [4.78, 5) is 11.2. The average molecular weight is 231 g/mol. The van der Waals surface area contributed by atoms with Gasteiger partial charge in [0, 0.05) is 13.5 Å². The molecule has 1 rings (SSSR count). The van der Waals surface area contributed by atoms with Crippen molar-refractivity contribution in [3.63, 3.8) is 0 Å². The molecule has 0 N–H and O–H groups in total. The third-order valence-corrected chi connectivity index (χ3v) is 2.43. The Bertz CT molecular complexity index is 352. The van der Waals surface area contributed by atoms with Gasteiger partial charge in [0.15, 0.2) is 5.78 Å². The fraction of sp³-hybridized carbons (Fsp3) is 0.364. The standard InChI is InChI=1S/C11H12ClFO2/c1-15-7-9(14)6-5-8-3-2-4-10(13)11(8)12/h2-4H,5-7H2,1H3. The van der Waals surface area contributed by atoms with Gasteiger partial charge in [0.25, 0.3) is 0 Å². The second kappa shape index (κ2) is 5.83. The fourth-order valence-corrected chi connectivity index (χ4v) is 1.47. The number of hydrogen-bond acceptors (Lipinski definition) is 2. The molecule has 0 bridgehead atoms. The number of methoxy groups -OCH3 is 1. The van der Waals surface area contributed by atoms with Gasteiger partial charge in [-0.25, -0.2) is 4.39 Å². The predicted molar refractivity (Wildman–Crippen MR) is 56.6 cm³/mol. The van der Waals surface area contributed by atoms with E-state index < -0.39 is 5.82 Å². The van der Waals surface area contributed by atoms with E-state index in [9.17, 15) is 9.18 Å². The van der Waals surface area contributed by atoms with Crippen molar-refractivity contribution in [2.45, 2.75) is 12.8 Å². The number of benzene rings is 1. The fourth-order valence-electron chi connectivity index (χ4n) is 1.25. The zero-order valence-corrected chi connectivity index (χ0v) is 9.18. The van der Waals surface area contributed by atoms with Gasteiger partial charge in [0.05, 0.1) is 5.02 Å². The van der Waals surface area contributed by atoms with Crippen LogP contribution in [0.2, 0.25) is 5.02 Å². The predicted octanol–water partition coefficient (Wildman–Crippen LogP) is 2.63. The van der Waals surface area contributed by atoms with E-state index in [1.807, 2.05) is 0 Å². The third-order valence-electron chi connectivity index (χ3n) is 2.01. The van der Waals surface area contributed by atoms with Crippen molar-refractivity contribution in [3.05, 3.63) is 34.6 Å². The summed E-state index contributed by atoms with van der Waals surface area (Å²) in [6, 6.07) is 4.59. The number of aryl methyl sites for hydroxylation is 1. The van der Waals surface area contributed by atoms with E-state index in [0.717, 1.165) is 0 Å². The minimum Gasteiger partial charge on any atom is -0.377 e. The molecular weight excluding hydrogens is 219 g/mol. The van der Waals surface area contributed by atoms with E-state index in [2.05, 4.69) is 4.74 Å². The molecule has 1 aromatic rings. The van der Waals surface area contributed by atoms with Gasteiger partial charge in [-0.3, -0.25) is 4.79 Å². The van der Waals surface area contributed by atoms with Gasteiger partial charge in [0.1, 0.15) is 12.4 Å². The summed E-state index contributed by atoms with van der Waals surface area (Å²) < 4.78 is 17.7. The first-order chi connectivity index (χ1) is 7.15. The molecule has 0 aliphatic heterocycles. The quantitative estimate of drug-likeness (QED) is 0.777. The number of Topliss-reactive ketones (excluding diaryl/α,β-unsaturated/α-hetero) is 1. The highest BCUT2D eigenvalue weighted by molar-refractivity contribution is 6.31. The molecule has 0 aromatic heterocycles. The largest absolute Gasteiger partial charge is 0.377 e. The Morgan fingerprint density at radius 1 is 1.53 bits per heavy atom. The van der Waals surface area contributed by atoms with Crippen LogP contribution in [0.4, 0.5) is 4.39 Å². The van der Waals surface area contributed by atoms with Crippen molar-refractivity contribution in [1.82, 2.24) is 0 Å². The molecule has 0 atom stereocenters. The Balaban J connectivity index is 2.58. The van der Waals surface area contributed by atoms with Crippen LogP contribution in [0.5, 0.6) is 0 Å². The van der Waals surface area contributed by atoms with Crippen LogP contribution < -0.4 is 0 Å². The number of rotatable bonds is 5. The first-order valence-electron chi connectivity index (χ1n) is 4.58. The maximum atomic E-state index is 13.0. The monoisotopic (exact) mass is 230 g/mol. The minimum atomic E-state index is -0.451. The zero-order chi connectivity index (χ0) is 11.3. The smallest absolute Gasteiger partial charge is 0.158 e. The van der Waals surface area contributed by atoms with Crippen molar-refractivity contribution >= 4 is 17.4 Å². The number of ketones is 1. The molecule has 2 nitrogen and oxygen atoms in total. The van der Waals surface area contributed by atoms with E-state index in [1.54, 1.807) is 12.1 Å². The molecule has 0 heterocycles. The molecule has 0 amide bonds. The Hall–Kier alpha value is -0.930. The summed E-state index contributed by atoms with van der Waals surface area (Å²) >= 11 is 5.74. The minimum absolute atomic E-state index is 0.0159. The zero-order valence-electron chi connectivity index (χ0n) is 8.43. The highest BCUT2D eigenvalue weighted by Crippen LogP contribution is 2.20. The van der Waals surface area contributed by atoms with Gasteiger partial charge in [-0.15, -0.1) is 0 Å². The van der Waals surface area contributed by atoms with Gasteiger partial charge >= 0.3 is 0 Å². The number of ether oxygens (including phenoxy) is 1. The lowest BCUT2D eigenvalue weighted by atomic mass is 10.1. The molecule has 0 fully saturated rings. The van der Waals surface area contributed by atoms with E-state index in [1.165, 1.54) is 13.2 Å². The average Bonchev–Trinajstić information content (AvgIpc) is 2.21. The van der Waals surface area contributed by atoms with Gasteiger partial charge in [0.2, 0.25) is 0 Å². The maximum absolute atomic E-state index is 13.0. The number of carbonyl (C=O) groups is 1. The summed E-state index contributed by atoms with van der Waals surface area (Å²) in [5.74, 6) is -0.466. The molecule has 15 heavy (non-hydrogen) atoms. The number of hydrogen-bond donors (Lipinski definition) is 0. The molecule has 0 radical (unpaired) electrons. The first-order valence-corrected chi connectivity index (χ1v) is 4.96. The Labute approximate surface area is 93.0 Å². The SMILES string of the molecule is COCC(=O)CCc1cccc(F)c1Cl. The van der Waals surface area contributed by atoms with Crippen LogP contribution in [0.25, 0.3) is 0 Å². The van der Waals surface area contributed by atoms with Gasteiger partial charge in [-0.05, 0) is 18.1 Å². The maximum Gasteiger partial charge on any atom is 0.158 e. The molecule has 82 valence electrons. The topological polar surface area (TPSA) is 26.3 Å². The molecule has 0 saturated carbocycles. The van der Waals surface area contributed by atoms with Crippen LogP contribution in [-0.4, -0.2) is 19.5 Å². The molecule has 0 aliphatic rings. The second-order valence-corrected chi connectivity index (χ2v) is 3.56. The molecular formula is C11H12ClFO2. The normalized spacial score (nSPS) is 10.3. The van der Waals surface area contributed by atoms with E-state index in [0.29, 0.717) is 18.4 Å². The van der Waals surface area contributed by atoms with Crippen molar-refractivity contribution in [2.24, 2.45) is 0 Å². The van der Waals surface area contributed by atoms with Crippen LogP contribution in [0.15, 0.2) is 18.2 Å². The first kappa shape index (κ1) is 12.1. The molecule has 0 spiro atoms. The lowest BCUT2D eigenvalue weighted by Gasteiger charge is -2.04. The van der Waals surface area contributed by atoms with Crippen molar-refractivity contribution < 1.29 is 13.9 Å². The van der Waals surface area contributed by atoms with Crippen molar-refractivity contribution in [3.8, 4) is 0 Å². The summed E-state index contributed by atoms with van der Waals surface area (Å²) in [7, 11) is 1.47. The van der Waals surface area contributed by atoms with Crippen LogP contribution >= 0.6 is 11.6 Å². The van der Waals surface area contributed by atoms with Crippen molar-refractivity contribution in [2.75, 3.05) is 13.7 Å². The Morgan fingerprint density at radius 3 is 2.93 bits per heavy atom. The van der Waals surface area contributed by atoms with Crippen LogP contribution in [0.1, 0.15) is 12.0 Å². The highest BCUT2D eigenvalue weighted by Gasteiger charge is 2.07. The van der Waals surface area contributed by atoms with Gasteiger partial charge < -0.3 is 4.74 Å². The van der Waals surface area contributed by atoms with E-state index in [-0.39, 0.29) is 17.4 Å².